The number of nitrogens with zero attached hydrogens (tertiary/aromatic N) is 1. The Morgan fingerprint density at radius 3 is 2.42 bits per heavy atom. The van der Waals surface area contributed by atoms with Crippen molar-refractivity contribution in [3.05, 3.63) is 63.1 Å². The molecule has 0 radical (unpaired) electrons. The summed E-state index contributed by atoms with van der Waals surface area (Å²) in [6.07, 6.45) is 1.29. The molecule has 26 heavy (non-hydrogen) atoms. The van der Waals surface area contributed by atoms with Crippen LogP contribution in [-0.2, 0) is 9.59 Å². The molecule has 8 heteroatoms. The summed E-state index contributed by atoms with van der Waals surface area (Å²) in [7, 11) is 0. The zero-order valence-corrected chi connectivity index (χ0v) is 15.7. The molecule has 2 aromatic rings. The Morgan fingerprint density at radius 2 is 1.77 bits per heavy atom. The van der Waals surface area contributed by atoms with Crippen molar-refractivity contribution in [2.45, 2.75) is 6.92 Å². The molecule has 1 fully saturated rings. The molecular weight excluding hydrogens is 395 g/mol. The fraction of sp³-hybridized carbons (Fsp3) is 0.0556. The Balaban J connectivity index is 2.07. The minimum atomic E-state index is -0.651. The minimum Gasteiger partial charge on any atom is -0.507 e. The van der Waals surface area contributed by atoms with E-state index in [0.29, 0.717) is 21.3 Å². The van der Waals surface area contributed by atoms with Crippen molar-refractivity contribution in [2.75, 3.05) is 4.90 Å². The number of aryl methyl sites for hydroxylation is 1. The number of amides is 2. The fourth-order valence-corrected chi connectivity index (χ4v) is 3.20. The third-order valence-corrected chi connectivity index (χ3v) is 4.54. The van der Waals surface area contributed by atoms with Crippen molar-refractivity contribution in [3.63, 3.8) is 0 Å². The molecule has 0 aromatic heterocycles. The molecule has 3 rings (SSSR count). The van der Waals surface area contributed by atoms with Gasteiger partial charge in [-0.2, -0.15) is 0 Å². The molecular formula is C18H12Cl2N2O3S. The maximum absolute atomic E-state index is 12.9. The number of carbonyl (C=O) groups is 2. The molecule has 0 bridgehead atoms. The zero-order valence-electron chi connectivity index (χ0n) is 13.4. The van der Waals surface area contributed by atoms with Gasteiger partial charge in [0.25, 0.3) is 11.8 Å². The van der Waals surface area contributed by atoms with E-state index in [1.54, 1.807) is 37.3 Å². The number of rotatable bonds is 2. The molecule has 1 aliphatic rings. The van der Waals surface area contributed by atoms with Crippen LogP contribution in [0.4, 0.5) is 5.69 Å². The number of carbonyl (C=O) groups excluding carboxylic acids is 2. The van der Waals surface area contributed by atoms with Gasteiger partial charge in [-0.3, -0.25) is 19.8 Å². The molecule has 0 unspecified atom stereocenters. The van der Waals surface area contributed by atoms with Gasteiger partial charge >= 0.3 is 0 Å². The van der Waals surface area contributed by atoms with Gasteiger partial charge in [0.1, 0.15) is 11.3 Å². The fourth-order valence-electron chi connectivity index (χ4n) is 2.51. The summed E-state index contributed by atoms with van der Waals surface area (Å²) in [5.74, 6) is -1.32. The van der Waals surface area contributed by atoms with Crippen molar-refractivity contribution in [2.24, 2.45) is 0 Å². The predicted octanol–water partition coefficient (Wildman–Crippen LogP) is 3.84. The van der Waals surface area contributed by atoms with Crippen LogP contribution >= 0.6 is 35.4 Å². The van der Waals surface area contributed by atoms with Gasteiger partial charge in [-0.1, -0.05) is 23.2 Å². The summed E-state index contributed by atoms with van der Waals surface area (Å²) in [6, 6.07) is 9.50. The van der Waals surface area contributed by atoms with E-state index >= 15 is 0 Å². The van der Waals surface area contributed by atoms with Gasteiger partial charge in [-0.25, -0.2) is 0 Å². The molecule has 0 saturated carbocycles. The largest absolute Gasteiger partial charge is 0.507 e. The van der Waals surface area contributed by atoms with Gasteiger partial charge < -0.3 is 5.11 Å². The normalized spacial score (nSPS) is 16.2. The highest BCUT2D eigenvalue weighted by atomic mass is 35.5. The number of anilines is 1. The van der Waals surface area contributed by atoms with E-state index in [4.69, 9.17) is 35.4 Å². The van der Waals surface area contributed by atoms with Gasteiger partial charge in [0.2, 0.25) is 0 Å². The standard InChI is InChI=1S/C18H12Cl2N2O3S/c1-9-6-12(20)7-10(15(9)23)8-14-16(24)21-18(26)22(17(14)25)13-4-2-11(19)3-5-13/h2-8,23H,1H3,(H,21,24,26). The van der Waals surface area contributed by atoms with Gasteiger partial charge in [0.15, 0.2) is 5.11 Å². The highest BCUT2D eigenvalue weighted by molar-refractivity contribution is 7.80. The van der Waals surface area contributed by atoms with Gasteiger partial charge in [0, 0.05) is 15.6 Å². The third kappa shape index (κ3) is 3.44. The third-order valence-electron chi connectivity index (χ3n) is 3.78. The first-order valence-electron chi connectivity index (χ1n) is 7.44. The smallest absolute Gasteiger partial charge is 0.270 e. The zero-order chi connectivity index (χ0) is 19.0. The first-order valence-corrected chi connectivity index (χ1v) is 8.60. The van der Waals surface area contributed by atoms with E-state index in [9.17, 15) is 14.7 Å². The number of phenols is 1. The Labute approximate surface area is 164 Å². The van der Waals surface area contributed by atoms with Crippen LogP contribution < -0.4 is 10.2 Å². The average Bonchev–Trinajstić information content (AvgIpc) is 2.57. The number of phenolic OH excluding ortho intramolecular Hbond substituents is 1. The lowest BCUT2D eigenvalue weighted by molar-refractivity contribution is -0.122. The van der Waals surface area contributed by atoms with E-state index in [1.165, 1.54) is 17.0 Å². The average molecular weight is 407 g/mol. The summed E-state index contributed by atoms with van der Waals surface area (Å²) in [4.78, 5) is 26.3. The van der Waals surface area contributed by atoms with Crippen molar-refractivity contribution in [3.8, 4) is 5.75 Å². The minimum absolute atomic E-state index is 0.0361. The molecule has 5 nitrogen and oxygen atoms in total. The lowest BCUT2D eigenvalue weighted by atomic mass is 10.0. The number of benzene rings is 2. The molecule has 0 spiro atoms. The number of thiocarbonyl (C=S) groups is 1. The molecule has 2 aromatic carbocycles. The van der Waals surface area contributed by atoms with Crippen LogP contribution in [0, 0.1) is 6.92 Å². The monoisotopic (exact) mass is 406 g/mol. The van der Waals surface area contributed by atoms with Crippen molar-refractivity contribution in [1.29, 1.82) is 0 Å². The Hall–Kier alpha value is -2.41. The Morgan fingerprint density at radius 1 is 1.12 bits per heavy atom. The Bertz CT molecular complexity index is 971. The molecule has 2 amide bonds. The van der Waals surface area contributed by atoms with E-state index in [1.807, 2.05) is 0 Å². The quantitative estimate of drug-likeness (QED) is 0.451. The maximum Gasteiger partial charge on any atom is 0.270 e. The van der Waals surface area contributed by atoms with Crippen LogP contribution in [0.2, 0.25) is 10.0 Å². The molecule has 2 N–H and O–H groups in total. The Kier molecular flexibility index (Phi) is 5.00. The van der Waals surface area contributed by atoms with Crippen LogP contribution in [0.5, 0.6) is 5.75 Å². The van der Waals surface area contributed by atoms with Crippen LogP contribution in [-0.4, -0.2) is 22.0 Å². The molecule has 0 atom stereocenters. The second kappa shape index (κ2) is 7.07. The molecule has 132 valence electrons. The SMILES string of the molecule is Cc1cc(Cl)cc(C=C2C(=O)NC(=S)N(c3ccc(Cl)cc3)C2=O)c1O. The summed E-state index contributed by atoms with van der Waals surface area (Å²) in [5, 5.41) is 13.5. The van der Waals surface area contributed by atoms with Crippen LogP contribution in [0.3, 0.4) is 0 Å². The molecule has 1 aliphatic heterocycles. The number of aromatic hydroxyl groups is 1. The second-order valence-electron chi connectivity index (χ2n) is 5.59. The topological polar surface area (TPSA) is 69.6 Å². The van der Waals surface area contributed by atoms with Crippen LogP contribution in [0.15, 0.2) is 42.0 Å². The number of hydrogen-bond acceptors (Lipinski definition) is 4. The lowest BCUT2D eigenvalue weighted by Crippen LogP contribution is -2.54. The molecule has 1 saturated heterocycles. The summed E-state index contributed by atoms with van der Waals surface area (Å²) < 4.78 is 0. The maximum atomic E-state index is 12.9. The predicted molar refractivity (Wildman–Crippen MR) is 106 cm³/mol. The van der Waals surface area contributed by atoms with E-state index in [0.717, 1.165) is 0 Å². The van der Waals surface area contributed by atoms with Crippen molar-refractivity contribution in [1.82, 2.24) is 5.32 Å². The highest BCUT2D eigenvalue weighted by Crippen LogP contribution is 2.30. The van der Waals surface area contributed by atoms with E-state index in [2.05, 4.69) is 5.32 Å². The van der Waals surface area contributed by atoms with E-state index in [-0.39, 0.29) is 22.0 Å². The highest BCUT2D eigenvalue weighted by Gasteiger charge is 2.34. The lowest BCUT2D eigenvalue weighted by Gasteiger charge is -2.29. The van der Waals surface area contributed by atoms with Gasteiger partial charge in [0.05, 0.1) is 5.69 Å². The summed E-state index contributed by atoms with van der Waals surface area (Å²) in [5.41, 5.74) is 1.07. The summed E-state index contributed by atoms with van der Waals surface area (Å²) >= 11 is 17.0. The van der Waals surface area contributed by atoms with E-state index < -0.39 is 11.8 Å². The first-order chi connectivity index (χ1) is 12.3. The number of nitrogens with one attached hydrogen (secondary N) is 1. The van der Waals surface area contributed by atoms with Crippen LogP contribution in [0.1, 0.15) is 11.1 Å². The number of hydrogen-bond donors (Lipinski definition) is 2. The molecule has 0 aliphatic carbocycles. The summed E-state index contributed by atoms with van der Waals surface area (Å²) in [6.45, 7) is 1.67. The van der Waals surface area contributed by atoms with Gasteiger partial charge in [-0.15, -0.1) is 0 Å². The molecule has 1 heterocycles. The van der Waals surface area contributed by atoms with Crippen molar-refractivity contribution >= 4 is 64.1 Å². The second-order valence-corrected chi connectivity index (χ2v) is 6.85. The number of halogens is 2. The van der Waals surface area contributed by atoms with Crippen molar-refractivity contribution < 1.29 is 14.7 Å². The first kappa shape index (κ1) is 18.4. The van der Waals surface area contributed by atoms with Crippen LogP contribution in [0.25, 0.3) is 6.08 Å². The van der Waals surface area contributed by atoms with Gasteiger partial charge in [-0.05, 0) is 67.2 Å².